The molecule has 4 rings (SSSR count). The van der Waals surface area contributed by atoms with Crippen molar-refractivity contribution >= 4 is 40.3 Å². The zero-order chi connectivity index (χ0) is 19.5. The molecular formula is C21H13ClN6. The Balaban J connectivity index is 1.56. The largest absolute Gasteiger partial charge is 0.339 e. The minimum absolute atomic E-state index is 0.407. The van der Waals surface area contributed by atoms with Gasteiger partial charge >= 0.3 is 0 Å². The lowest BCUT2D eigenvalue weighted by molar-refractivity contribution is 1.16. The highest BCUT2D eigenvalue weighted by molar-refractivity contribution is 6.33. The highest BCUT2D eigenvalue weighted by atomic mass is 35.5. The third-order valence-electron chi connectivity index (χ3n) is 4.32. The SMILES string of the molecule is N#CC1=CCc2cc(Cl)c(Nc3ccnc(Nc4ccc(C#N)cc4)n3)cc21. The molecule has 1 aromatic heterocycles. The number of aromatic nitrogens is 2. The molecule has 0 fully saturated rings. The van der Waals surface area contributed by atoms with E-state index >= 15 is 0 Å². The number of nitrogens with one attached hydrogen (secondary N) is 2. The summed E-state index contributed by atoms with van der Waals surface area (Å²) < 4.78 is 0. The van der Waals surface area contributed by atoms with E-state index in [1.165, 1.54) is 0 Å². The van der Waals surface area contributed by atoms with Crippen molar-refractivity contribution in [1.29, 1.82) is 10.5 Å². The molecule has 0 unspecified atom stereocenters. The van der Waals surface area contributed by atoms with Crippen molar-refractivity contribution in [2.45, 2.75) is 6.42 Å². The average molecular weight is 385 g/mol. The Morgan fingerprint density at radius 2 is 1.82 bits per heavy atom. The van der Waals surface area contributed by atoms with Gasteiger partial charge in [0, 0.05) is 11.9 Å². The Morgan fingerprint density at radius 3 is 2.57 bits per heavy atom. The lowest BCUT2D eigenvalue weighted by Gasteiger charge is -2.12. The van der Waals surface area contributed by atoms with E-state index in [-0.39, 0.29) is 0 Å². The second-order valence-corrected chi connectivity index (χ2v) is 6.53. The summed E-state index contributed by atoms with van der Waals surface area (Å²) in [5.41, 5.74) is 4.61. The quantitative estimate of drug-likeness (QED) is 0.660. The number of nitriles is 2. The van der Waals surface area contributed by atoms with Gasteiger partial charge in [-0.25, -0.2) is 4.98 Å². The van der Waals surface area contributed by atoms with E-state index in [1.807, 2.05) is 18.2 Å². The topological polar surface area (TPSA) is 97.4 Å². The Bertz CT molecular complexity index is 1170. The van der Waals surface area contributed by atoms with Crippen LogP contribution in [0.1, 0.15) is 16.7 Å². The van der Waals surface area contributed by atoms with Gasteiger partial charge in [0.2, 0.25) is 5.95 Å². The lowest BCUT2D eigenvalue weighted by atomic mass is 10.1. The summed E-state index contributed by atoms with van der Waals surface area (Å²) in [5, 5.41) is 25.0. The zero-order valence-electron chi connectivity index (χ0n) is 14.6. The first-order valence-electron chi connectivity index (χ1n) is 8.46. The average Bonchev–Trinajstić information content (AvgIpc) is 3.11. The third-order valence-corrected chi connectivity index (χ3v) is 4.63. The molecule has 1 aliphatic carbocycles. The Labute approximate surface area is 166 Å². The Hall–Kier alpha value is -3.87. The molecule has 7 heteroatoms. The predicted octanol–water partition coefficient (Wildman–Crippen LogP) is 4.95. The van der Waals surface area contributed by atoms with Gasteiger partial charge in [0.05, 0.1) is 34.0 Å². The van der Waals surface area contributed by atoms with E-state index in [9.17, 15) is 5.26 Å². The van der Waals surface area contributed by atoms with Gasteiger partial charge in [-0.1, -0.05) is 17.7 Å². The molecule has 6 nitrogen and oxygen atoms in total. The molecule has 1 heterocycles. The van der Waals surface area contributed by atoms with Gasteiger partial charge < -0.3 is 10.6 Å². The maximum absolute atomic E-state index is 9.25. The first-order chi connectivity index (χ1) is 13.7. The number of anilines is 4. The normalized spacial score (nSPS) is 11.8. The monoisotopic (exact) mass is 384 g/mol. The van der Waals surface area contributed by atoms with Crippen LogP contribution in [0.4, 0.5) is 23.1 Å². The number of hydrogen-bond donors (Lipinski definition) is 2. The van der Waals surface area contributed by atoms with E-state index in [2.05, 4.69) is 32.7 Å². The van der Waals surface area contributed by atoms with Crippen LogP contribution in [0.5, 0.6) is 0 Å². The van der Waals surface area contributed by atoms with E-state index in [0.29, 0.717) is 40.0 Å². The summed E-state index contributed by atoms with van der Waals surface area (Å²) in [7, 11) is 0. The van der Waals surface area contributed by atoms with E-state index < -0.39 is 0 Å². The molecule has 0 saturated heterocycles. The molecule has 0 radical (unpaired) electrons. The summed E-state index contributed by atoms with van der Waals surface area (Å²) in [6.07, 6.45) is 4.24. The standard InChI is InChI=1S/C21H13ClN6/c22-18-9-14-3-4-15(12-24)17(14)10-19(18)27-20-7-8-25-21(28-20)26-16-5-1-13(11-23)2-6-16/h1-2,4-10H,3H2,(H2,25,26,27,28). The second kappa shape index (κ2) is 7.40. The molecule has 28 heavy (non-hydrogen) atoms. The van der Waals surface area contributed by atoms with Crippen molar-refractivity contribution in [3.05, 3.63) is 76.5 Å². The molecule has 0 saturated carbocycles. The maximum atomic E-state index is 9.25. The first-order valence-corrected chi connectivity index (χ1v) is 8.84. The van der Waals surface area contributed by atoms with Crippen molar-refractivity contribution in [3.8, 4) is 12.1 Å². The van der Waals surface area contributed by atoms with E-state index in [1.54, 1.807) is 36.5 Å². The molecular weight excluding hydrogens is 372 g/mol. The molecule has 3 aromatic rings. The Kier molecular flexibility index (Phi) is 4.63. The van der Waals surface area contributed by atoms with Crippen molar-refractivity contribution in [1.82, 2.24) is 9.97 Å². The minimum Gasteiger partial charge on any atom is -0.339 e. The summed E-state index contributed by atoms with van der Waals surface area (Å²) in [4.78, 5) is 8.66. The van der Waals surface area contributed by atoms with Gasteiger partial charge in [0.1, 0.15) is 5.82 Å². The van der Waals surface area contributed by atoms with E-state index in [4.69, 9.17) is 16.9 Å². The van der Waals surface area contributed by atoms with Crippen LogP contribution in [0.3, 0.4) is 0 Å². The summed E-state index contributed by atoms with van der Waals surface area (Å²) in [6.45, 7) is 0. The van der Waals surface area contributed by atoms with E-state index in [0.717, 1.165) is 16.8 Å². The molecule has 134 valence electrons. The number of benzene rings is 2. The number of fused-ring (bicyclic) bond motifs is 1. The number of halogens is 1. The fourth-order valence-electron chi connectivity index (χ4n) is 2.94. The van der Waals surface area contributed by atoms with Crippen LogP contribution in [-0.2, 0) is 6.42 Å². The maximum Gasteiger partial charge on any atom is 0.229 e. The molecule has 0 spiro atoms. The van der Waals surface area contributed by atoms with Gasteiger partial charge in [-0.15, -0.1) is 0 Å². The van der Waals surface area contributed by atoms with Gasteiger partial charge in [-0.2, -0.15) is 15.5 Å². The van der Waals surface area contributed by atoms with Crippen molar-refractivity contribution in [2.24, 2.45) is 0 Å². The molecule has 1 aliphatic rings. The van der Waals surface area contributed by atoms with Crippen molar-refractivity contribution in [3.63, 3.8) is 0 Å². The lowest BCUT2D eigenvalue weighted by Crippen LogP contribution is -2.01. The predicted molar refractivity (Wildman–Crippen MR) is 109 cm³/mol. The van der Waals surface area contributed by atoms with Crippen LogP contribution in [0.25, 0.3) is 5.57 Å². The molecule has 0 atom stereocenters. The van der Waals surface area contributed by atoms with Gasteiger partial charge in [0.25, 0.3) is 0 Å². The molecule has 0 aliphatic heterocycles. The zero-order valence-corrected chi connectivity index (χ0v) is 15.3. The minimum atomic E-state index is 0.407. The van der Waals surface area contributed by atoms with Crippen molar-refractivity contribution < 1.29 is 0 Å². The number of rotatable bonds is 4. The van der Waals surface area contributed by atoms with Gasteiger partial charge in [0.15, 0.2) is 0 Å². The summed E-state index contributed by atoms with van der Waals surface area (Å²) in [6, 6.07) is 16.8. The molecule has 0 bridgehead atoms. The highest BCUT2D eigenvalue weighted by Crippen LogP contribution is 2.35. The van der Waals surface area contributed by atoms with Crippen molar-refractivity contribution in [2.75, 3.05) is 10.6 Å². The van der Waals surface area contributed by atoms with Gasteiger partial charge in [-0.05, 0) is 60.0 Å². The first kappa shape index (κ1) is 17.5. The van der Waals surface area contributed by atoms with Crippen LogP contribution >= 0.6 is 11.6 Å². The fourth-order valence-corrected chi connectivity index (χ4v) is 3.17. The number of hydrogen-bond acceptors (Lipinski definition) is 6. The Morgan fingerprint density at radius 1 is 1.00 bits per heavy atom. The molecule has 2 aromatic carbocycles. The van der Waals surface area contributed by atoms with Crippen LogP contribution in [0, 0.1) is 22.7 Å². The summed E-state index contributed by atoms with van der Waals surface area (Å²) >= 11 is 6.39. The van der Waals surface area contributed by atoms with Crippen LogP contribution in [0.2, 0.25) is 5.02 Å². The van der Waals surface area contributed by atoms with Crippen LogP contribution in [-0.4, -0.2) is 9.97 Å². The van der Waals surface area contributed by atoms with Crippen LogP contribution in [0.15, 0.2) is 54.7 Å². The highest BCUT2D eigenvalue weighted by Gasteiger charge is 2.17. The number of nitrogens with zero attached hydrogens (tertiary/aromatic N) is 4. The van der Waals surface area contributed by atoms with Gasteiger partial charge in [-0.3, -0.25) is 0 Å². The second-order valence-electron chi connectivity index (χ2n) is 6.13. The smallest absolute Gasteiger partial charge is 0.229 e. The number of allylic oxidation sites excluding steroid dienone is 2. The fraction of sp³-hybridized carbons (Fsp3) is 0.0476. The third kappa shape index (κ3) is 3.50. The van der Waals surface area contributed by atoms with Crippen LogP contribution < -0.4 is 10.6 Å². The summed E-state index contributed by atoms with van der Waals surface area (Å²) in [5.74, 6) is 0.970. The molecule has 0 amide bonds. The molecule has 2 N–H and O–H groups in total.